The minimum absolute atomic E-state index is 0.327. The van der Waals surface area contributed by atoms with Crippen LogP contribution in [0.15, 0.2) is 47.1 Å². The molecule has 1 aromatic heterocycles. The van der Waals surface area contributed by atoms with Crippen molar-refractivity contribution in [2.45, 2.75) is 25.8 Å². The van der Waals surface area contributed by atoms with E-state index >= 15 is 0 Å². The Hall–Kier alpha value is -3.94. The Labute approximate surface area is 197 Å². The zero-order chi connectivity index (χ0) is 24.4. The predicted octanol–water partition coefficient (Wildman–Crippen LogP) is 4.60. The molecule has 1 aliphatic heterocycles. The van der Waals surface area contributed by atoms with E-state index in [2.05, 4.69) is 0 Å². The third kappa shape index (κ3) is 4.19. The molecule has 4 rings (SSSR count). The summed E-state index contributed by atoms with van der Waals surface area (Å²) in [7, 11) is 4.75. The van der Waals surface area contributed by atoms with Gasteiger partial charge in [-0.2, -0.15) is 0 Å². The van der Waals surface area contributed by atoms with E-state index in [1.807, 2.05) is 24.3 Å². The van der Waals surface area contributed by atoms with E-state index < -0.39 is 12.0 Å². The van der Waals surface area contributed by atoms with E-state index in [0.717, 1.165) is 16.5 Å². The Bertz CT molecular complexity index is 1270. The second-order valence-electron chi connectivity index (χ2n) is 8.12. The lowest BCUT2D eigenvalue weighted by molar-refractivity contribution is -0.146. The molecule has 1 N–H and O–H groups in total. The molecule has 8 nitrogen and oxygen atoms in total. The molecule has 2 aromatic carbocycles. The van der Waals surface area contributed by atoms with Crippen molar-refractivity contribution < 1.29 is 33.3 Å². The van der Waals surface area contributed by atoms with Crippen molar-refractivity contribution in [3.8, 4) is 28.4 Å². The number of amides is 1. The first kappa shape index (κ1) is 23.2. The number of hydrogen-bond donors (Lipinski definition) is 1. The molecule has 1 fully saturated rings. The third-order valence-corrected chi connectivity index (χ3v) is 6.18. The molecule has 178 valence electrons. The summed E-state index contributed by atoms with van der Waals surface area (Å²) in [4.78, 5) is 25.8. The van der Waals surface area contributed by atoms with Crippen LogP contribution in [0, 0.1) is 0 Å². The molecule has 0 spiro atoms. The molecule has 0 radical (unpaired) electrons. The average Bonchev–Trinajstić information content (AvgIpc) is 3.50. The van der Waals surface area contributed by atoms with Gasteiger partial charge in [-0.25, -0.2) is 4.79 Å². The van der Waals surface area contributed by atoms with Crippen molar-refractivity contribution in [1.82, 2.24) is 4.90 Å². The van der Waals surface area contributed by atoms with Gasteiger partial charge in [0.15, 0.2) is 0 Å². The number of rotatable bonds is 7. The number of likely N-dealkylation sites (tertiary alicyclic amines) is 1. The second kappa shape index (κ2) is 9.51. The maximum absolute atomic E-state index is 12.9. The van der Waals surface area contributed by atoms with Gasteiger partial charge in [-0.3, -0.25) is 4.79 Å². The van der Waals surface area contributed by atoms with E-state index in [-0.39, 0.29) is 5.91 Å². The van der Waals surface area contributed by atoms with Crippen LogP contribution in [-0.2, 0) is 9.59 Å². The molecular formula is C26H27NO7. The van der Waals surface area contributed by atoms with Crippen LogP contribution in [0.2, 0.25) is 0 Å². The van der Waals surface area contributed by atoms with E-state index in [1.54, 1.807) is 40.6 Å². The summed E-state index contributed by atoms with van der Waals surface area (Å²) in [5.41, 5.74) is 3.59. The Kier molecular flexibility index (Phi) is 6.49. The number of carbonyl (C=O) groups is 2. The Morgan fingerprint density at radius 3 is 2.50 bits per heavy atom. The van der Waals surface area contributed by atoms with Gasteiger partial charge in [-0.05, 0) is 49.6 Å². The van der Waals surface area contributed by atoms with Crippen LogP contribution in [0.1, 0.15) is 25.3 Å². The molecule has 34 heavy (non-hydrogen) atoms. The number of benzene rings is 2. The van der Waals surface area contributed by atoms with Gasteiger partial charge in [-0.1, -0.05) is 0 Å². The van der Waals surface area contributed by atoms with E-state index in [0.29, 0.717) is 53.4 Å². The molecule has 1 amide bonds. The van der Waals surface area contributed by atoms with Crippen LogP contribution in [0.3, 0.4) is 0 Å². The number of nitrogens with zero attached hydrogens (tertiary/aromatic N) is 1. The standard InChI is InChI=1S/C26H27NO7/c1-15(10-25(28)27-9-5-6-21(27)26(29)30)17-12-19-20(14-34-24(19)13-23(17)33-4)18-11-16(31-2)7-8-22(18)32-3/h7-8,10-14,21H,5-6,9H2,1-4H3,(H,29,30)/b15-10+. The molecule has 0 saturated carbocycles. The van der Waals surface area contributed by atoms with Crippen molar-refractivity contribution in [2.75, 3.05) is 27.9 Å². The quantitative estimate of drug-likeness (QED) is 0.509. The number of ether oxygens (including phenoxy) is 3. The molecule has 0 aliphatic carbocycles. The predicted molar refractivity (Wildman–Crippen MR) is 127 cm³/mol. The SMILES string of the molecule is COc1ccc(OC)c(-c2coc3cc(OC)c(/C(C)=C/C(=O)N4CCCC4C(=O)O)cc23)c1. The van der Waals surface area contributed by atoms with Gasteiger partial charge in [0.2, 0.25) is 5.91 Å². The smallest absolute Gasteiger partial charge is 0.326 e. The molecular weight excluding hydrogens is 438 g/mol. The first-order chi connectivity index (χ1) is 16.4. The highest BCUT2D eigenvalue weighted by molar-refractivity contribution is 6.01. The number of furan rings is 1. The first-order valence-corrected chi connectivity index (χ1v) is 10.9. The summed E-state index contributed by atoms with van der Waals surface area (Å²) in [6.07, 6.45) is 4.25. The van der Waals surface area contributed by atoms with Crippen molar-refractivity contribution in [3.05, 3.63) is 48.2 Å². The van der Waals surface area contributed by atoms with Gasteiger partial charge < -0.3 is 28.6 Å². The topological polar surface area (TPSA) is 98.4 Å². The van der Waals surface area contributed by atoms with Crippen molar-refractivity contribution in [3.63, 3.8) is 0 Å². The van der Waals surface area contributed by atoms with Gasteiger partial charge >= 0.3 is 5.97 Å². The Morgan fingerprint density at radius 2 is 1.82 bits per heavy atom. The van der Waals surface area contributed by atoms with Gasteiger partial charge in [0.1, 0.15) is 28.9 Å². The molecule has 3 aromatic rings. The average molecular weight is 466 g/mol. The molecule has 2 heterocycles. The number of methoxy groups -OCH3 is 3. The highest BCUT2D eigenvalue weighted by atomic mass is 16.5. The number of carbonyl (C=O) groups excluding carboxylic acids is 1. The number of hydrogen-bond acceptors (Lipinski definition) is 6. The van der Waals surface area contributed by atoms with Crippen molar-refractivity contribution >= 4 is 28.4 Å². The fraction of sp³-hybridized carbons (Fsp3) is 0.308. The zero-order valence-corrected chi connectivity index (χ0v) is 19.6. The van der Waals surface area contributed by atoms with Crippen LogP contribution in [-0.4, -0.2) is 55.8 Å². The summed E-state index contributed by atoms with van der Waals surface area (Å²) >= 11 is 0. The number of carboxylic acid groups (broad SMARTS) is 1. The van der Waals surface area contributed by atoms with Gasteiger partial charge in [0.05, 0.1) is 27.6 Å². The minimum Gasteiger partial charge on any atom is -0.497 e. The molecule has 1 aliphatic rings. The minimum atomic E-state index is -0.980. The van der Waals surface area contributed by atoms with Gasteiger partial charge in [0.25, 0.3) is 0 Å². The monoisotopic (exact) mass is 465 g/mol. The van der Waals surface area contributed by atoms with Crippen molar-refractivity contribution in [1.29, 1.82) is 0 Å². The maximum Gasteiger partial charge on any atom is 0.326 e. The summed E-state index contributed by atoms with van der Waals surface area (Å²) < 4.78 is 22.3. The molecule has 1 unspecified atom stereocenters. The van der Waals surface area contributed by atoms with E-state index in [1.165, 1.54) is 11.0 Å². The van der Waals surface area contributed by atoms with Crippen LogP contribution in [0.25, 0.3) is 27.7 Å². The fourth-order valence-electron chi connectivity index (χ4n) is 4.40. The van der Waals surface area contributed by atoms with Crippen molar-refractivity contribution in [2.24, 2.45) is 0 Å². The second-order valence-corrected chi connectivity index (χ2v) is 8.12. The summed E-state index contributed by atoms with van der Waals surface area (Å²) in [5.74, 6) is 0.581. The highest BCUT2D eigenvalue weighted by Gasteiger charge is 2.33. The number of allylic oxidation sites excluding steroid dienone is 1. The fourth-order valence-corrected chi connectivity index (χ4v) is 4.40. The largest absolute Gasteiger partial charge is 0.497 e. The van der Waals surface area contributed by atoms with Crippen LogP contribution >= 0.6 is 0 Å². The van der Waals surface area contributed by atoms with E-state index in [4.69, 9.17) is 18.6 Å². The Morgan fingerprint density at radius 1 is 1.06 bits per heavy atom. The first-order valence-electron chi connectivity index (χ1n) is 10.9. The summed E-state index contributed by atoms with van der Waals surface area (Å²) in [6.45, 7) is 2.23. The Balaban J connectivity index is 1.79. The van der Waals surface area contributed by atoms with E-state index in [9.17, 15) is 14.7 Å². The lowest BCUT2D eigenvalue weighted by Gasteiger charge is -2.20. The highest BCUT2D eigenvalue weighted by Crippen LogP contribution is 2.41. The number of aliphatic carboxylic acids is 1. The maximum atomic E-state index is 12.9. The summed E-state index contributed by atoms with van der Waals surface area (Å²) in [5, 5.41) is 10.2. The molecule has 8 heteroatoms. The van der Waals surface area contributed by atoms with Crippen LogP contribution < -0.4 is 14.2 Å². The summed E-state index contributed by atoms with van der Waals surface area (Å²) in [6, 6.07) is 8.42. The zero-order valence-electron chi connectivity index (χ0n) is 19.6. The lowest BCUT2D eigenvalue weighted by Crippen LogP contribution is -2.39. The van der Waals surface area contributed by atoms with Crippen LogP contribution in [0.5, 0.6) is 17.2 Å². The number of carboxylic acids is 1. The molecule has 0 bridgehead atoms. The molecule has 1 atom stereocenters. The van der Waals surface area contributed by atoms with Gasteiger partial charge in [0, 0.05) is 40.8 Å². The van der Waals surface area contributed by atoms with Gasteiger partial charge in [-0.15, -0.1) is 0 Å². The normalized spacial score (nSPS) is 16.1. The van der Waals surface area contributed by atoms with Crippen LogP contribution in [0.4, 0.5) is 0 Å². The third-order valence-electron chi connectivity index (χ3n) is 6.18. The number of fused-ring (bicyclic) bond motifs is 1. The molecule has 1 saturated heterocycles. The lowest BCUT2D eigenvalue weighted by atomic mass is 9.98.